The number of para-hydroxylation sites is 1. The van der Waals surface area contributed by atoms with Crippen LogP contribution < -0.4 is 5.32 Å². The van der Waals surface area contributed by atoms with Gasteiger partial charge in [0.1, 0.15) is 0 Å². The van der Waals surface area contributed by atoms with Crippen LogP contribution in [0.4, 0.5) is 11.4 Å². The molecule has 1 aliphatic heterocycles. The number of rotatable bonds is 4. The summed E-state index contributed by atoms with van der Waals surface area (Å²) in [5.41, 5.74) is 3.42. The van der Waals surface area contributed by atoms with Gasteiger partial charge in [-0.1, -0.05) is 42.5 Å². The minimum atomic E-state index is 0.774. The Morgan fingerprint density at radius 3 is 2.50 bits per heavy atom. The third-order valence-electron chi connectivity index (χ3n) is 3.71. The monoisotopic (exact) mass is 312 g/mol. The van der Waals surface area contributed by atoms with Crippen LogP contribution in [0.25, 0.3) is 0 Å². The first-order valence-corrected chi connectivity index (χ1v) is 7.98. The van der Waals surface area contributed by atoms with Gasteiger partial charge in [-0.25, -0.2) is 0 Å². The van der Waals surface area contributed by atoms with E-state index in [9.17, 15) is 0 Å². The van der Waals surface area contributed by atoms with E-state index in [4.69, 9.17) is 17.0 Å². The highest BCUT2D eigenvalue weighted by Gasteiger charge is 2.13. The summed E-state index contributed by atoms with van der Waals surface area (Å²) >= 11 is 5.58. The second kappa shape index (κ2) is 7.38. The Morgan fingerprint density at radius 1 is 1.00 bits per heavy atom. The van der Waals surface area contributed by atoms with Crippen LogP contribution in [0.2, 0.25) is 0 Å². The van der Waals surface area contributed by atoms with Gasteiger partial charge < -0.3 is 15.0 Å². The van der Waals surface area contributed by atoms with Crippen LogP contribution in [-0.4, -0.2) is 36.2 Å². The molecule has 0 amide bonds. The summed E-state index contributed by atoms with van der Waals surface area (Å²) < 4.78 is 5.37. The van der Waals surface area contributed by atoms with E-state index in [0.717, 1.165) is 49.1 Å². The maximum Gasteiger partial charge on any atom is 0.0825 e. The van der Waals surface area contributed by atoms with E-state index in [1.165, 1.54) is 5.56 Å². The molecule has 2 aromatic carbocycles. The van der Waals surface area contributed by atoms with Crippen LogP contribution >= 0.6 is 12.2 Å². The number of anilines is 2. The van der Waals surface area contributed by atoms with Gasteiger partial charge in [-0.05, 0) is 29.8 Å². The van der Waals surface area contributed by atoms with Crippen molar-refractivity contribution in [2.75, 3.05) is 31.6 Å². The van der Waals surface area contributed by atoms with Crippen molar-refractivity contribution in [2.45, 2.75) is 6.42 Å². The molecule has 0 aliphatic carbocycles. The maximum atomic E-state index is 5.58. The predicted molar refractivity (Wildman–Crippen MR) is 94.9 cm³/mol. The summed E-state index contributed by atoms with van der Waals surface area (Å²) in [7, 11) is 0. The van der Waals surface area contributed by atoms with Gasteiger partial charge in [-0.15, -0.1) is 0 Å². The first kappa shape index (κ1) is 15.0. The Kier molecular flexibility index (Phi) is 5.03. The number of nitrogens with one attached hydrogen (secondary N) is 1. The zero-order chi connectivity index (χ0) is 15.2. The molecule has 0 bridgehead atoms. The van der Waals surface area contributed by atoms with E-state index in [2.05, 4.69) is 46.6 Å². The Balaban J connectivity index is 1.64. The van der Waals surface area contributed by atoms with Gasteiger partial charge in [0.05, 0.1) is 18.2 Å². The topological polar surface area (TPSA) is 24.5 Å². The van der Waals surface area contributed by atoms with E-state index >= 15 is 0 Å². The average Bonchev–Trinajstić information content (AvgIpc) is 2.57. The molecule has 1 heterocycles. The zero-order valence-corrected chi connectivity index (χ0v) is 13.3. The van der Waals surface area contributed by atoms with Crippen molar-refractivity contribution in [3.63, 3.8) is 0 Å². The van der Waals surface area contributed by atoms with Gasteiger partial charge in [-0.3, -0.25) is 0 Å². The number of hydrogen-bond acceptors (Lipinski definition) is 3. The molecule has 0 aromatic heterocycles. The standard InChI is InChI=1S/C18H20N2OS/c22-18(20-9-11-21-12-10-20)14-15-5-4-8-17(13-15)19-16-6-2-1-3-7-16/h1-8,13,19H,9-12,14H2. The lowest BCUT2D eigenvalue weighted by Gasteiger charge is -2.29. The second-order valence-electron chi connectivity index (χ2n) is 5.36. The SMILES string of the molecule is S=C(Cc1cccc(Nc2ccccc2)c1)N1CCOCC1. The molecule has 0 unspecified atom stereocenters. The van der Waals surface area contributed by atoms with Gasteiger partial charge in [0.15, 0.2) is 0 Å². The smallest absolute Gasteiger partial charge is 0.0825 e. The molecule has 114 valence electrons. The summed E-state index contributed by atoms with van der Waals surface area (Å²) in [6, 6.07) is 18.6. The molecule has 22 heavy (non-hydrogen) atoms. The number of hydrogen-bond donors (Lipinski definition) is 1. The highest BCUT2D eigenvalue weighted by molar-refractivity contribution is 7.80. The van der Waals surface area contributed by atoms with Gasteiger partial charge in [0.2, 0.25) is 0 Å². The summed E-state index contributed by atoms with van der Waals surface area (Å²) in [4.78, 5) is 3.25. The first-order valence-electron chi connectivity index (χ1n) is 7.58. The first-order chi connectivity index (χ1) is 10.8. The van der Waals surface area contributed by atoms with Crippen LogP contribution in [0.15, 0.2) is 54.6 Å². The third kappa shape index (κ3) is 4.06. The fourth-order valence-corrected chi connectivity index (χ4v) is 2.90. The van der Waals surface area contributed by atoms with Gasteiger partial charge >= 0.3 is 0 Å². The molecular formula is C18H20N2OS. The third-order valence-corrected chi connectivity index (χ3v) is 4.11. The second-order valence-corrected chi connectivity index (χ2v) is 5.83. The molecular weight excluding hydrogens is 292 g/mol. The molecule has 1 aliphatic rings. The molecule has 2 aromatic rings. The van der Waals surface area contributed by atoms with Crippen molar-refractivity contribution in [3.8, 4) is 0 Å². The van der Waals surface area contributed by atoms with Crippen LogP contribution in [-0.2, 0) is 11.2 Å². The van der Waals surface area contributed by atoms with E-state index in [0.29, 0.717) is 0 Å². The minimum absolute atomic E-state index is 0.774. The zero-order valence-electron chi connectivity index (χ0n) is 12.5. The van der Waals surface area contributed by atoms with Crippen molar-refractivity contribution >= 4 is 28.6 Å². The highest BCUT2D eigenvalue weighted by atomic mass is 32.1. The van der Waals surface area contributed by atoms with Crippen LogP contribution in [0.3, 0.4) is 0 Å². The van der Waals surface area contributed by atoms with Gasteiger partial charge in [0, 0.05) is 30.9 Å². The molecule has 0 atom stereocenters. The van der Waals surface area contributed by atoms with Crippen molar-refractivity contribution in [3.05, 3.63) is 60.2 Å². The summed E-state index contributed by atoms with van der Waals surface area (Å²) in [5.74, 6) is 0. The number of morpholine rings is 1. The Labute approximate surface area is 136 Å². The molecule has 0 saturated carbocycles. The molecule has 0 radical (unpaired) electrons. The molecule has 4 heteroatoms. The van der Waals surface area contributed by atoms with Crippen molar-refractivity contribution in [2.24, 2.45) is 0 Å². The molecule has 3 rings (SSSR count). The van der Waals surface area contributed by atoms with E-state index < -0.39 is 0 Å². The number of thiocarbonyl (C=S) groups is 1. The lowest BCUT2D eigenvalue weighted by molar-refractivity contribution is 0.0685. The molecule has 0 spiro atoms. The van der Waals surface area contributed by atoms with E-state index in [1.54, 1.807) is 0 Å². The van der Waals surface area contributed by atoms with Crippen molar-refractivity contribution in [1.82, 2.24) is 4.90 Å². The molecule has 3 nitrogen and oxygen atoms in total. The van der Waals surface area contributed by atoms with Crippen molar-refractivity contribution in [1.29, 1.82) is 0 Å². The molecule has 1 saturated heterocycles. The van der Waals surface area contributed by atoms with Gasteiger partial charge in [-0.2, -0.15) is 0 Å². The number of ether oxygens (including phenoxy) is 1. The van der Waals surface area contributed by atoms with E-state index in [1.807, 2.05) is 18.2 Å². The fraction of sp³-hybridized carbons (Fsp3) is 0.278. The number of nitrogens with zero attached hydrogens (tertiary/aromatic N) is 1. The van der Waals surface area contributed by atoms with Crippen molar-refractivity contribution < 1.29 is 4.74 Å². The minimum Gasteiger partial charge on any atom is -0.378 e. The highest BCUT2D eigenvalue weighted by Crippen LogP contribution is 2.18. The molecule has 1 fully saturated rings. The fourth-order valence-electron chi connectivity index (χ4n) is 2.55. The Bertz CT molecular complexity index is 624. The largest absolute Gasteiger partial charge is 0.378 e. The van der Waals surface area contributed by atoms with Crippen LogP contribution in [0.5, 0.6) is 0 Å². The predicted octanol–water partition coefficient (Wildman–Crippen LogP) is 3.63. The van der Waals surface area contributed by atoms with Crippen LogP contribution in [0, 0.1) is 0 Å². The summed E-state index contributed by atoms with van der Waals surface area (Å²) in [6.45, 7) is 3.35. The average molecular weight is 312 g/mol. The van der Waals surface area contributed by atoms with Crippen LogP contribution in [0.1, 0.15) is 5.56 Å². The summed E-state index contributed by atoms with van der Waals surface area (Å²) in [6.07, 6.45) is 0.805. The Hall–Kier alpha value is -1.91. The van der Waals surface area contributed by atoms with E-state index in [-0.39, 0.29) is 0 Å². The maximum absolute atomic E-state index is 5.58. The lowest BCUT2D eigenvalue weighted by Crippen LogP contribution is -2.40. The number of benzene rings is 2. The Morgan fingerprint density at radius 2 is 1.73 bits per heavy atom. The lowest BCUT2D eigenvalue weighted by atomic mass is 10.1. The van der Waals surface area contributed by atoms with Gasteiger partial charge in [0.25, 0.3) is 0 Å². The normalized spacial score (nSPS) is 14.6. The molecule has 1 N–H and O–H groups in total. The quantitative estimate of drug-likeness (QED) is 0.871. The summed E-state index contributed by atoms with van der Waals surface area (Å²) in [5, 5.41) is 3.42.